The predicted octanol–water partition coefficient (Wildman–Crippen LogP) is 6.49. The summed E-state index contributed by atoms with van der Waals surface area (Å²) in [4.78, 5) is 0. The minimum Gasteiger partial charge on any atom is -0.113 e. The van der Waals surface area contributed by atoms with Gasteiger partial charge in [0.1, 0.15) is 0 Å². The van der Waals surface area contributed by atoms with E-state index in [9.17, 15) is 0 Å². The summed E-state index contributed by atoms with van der Waals surface area (Å²) in [5.74, 6) is 2.15. The topological polar surface area (TPSA) is 0 Å². The van der Waals surface area contributed by atoms with Crippen LogP contribution in [0.25, 0.3) is 0 Å². The van der Waals surface area contributed by atoms with Crippen molar-refractivity contribution in [3.05, 3.63) is 102 Å². The van der Waals surface area contributed by atoms with Gasteiger partial charge in [0.25, 0.3) is 0 Å². The Balaban J connectivity index is 1.66. The molecular weight excluding hydrogens is 335 g/mol. The molecule has 0 aromatic heterocycles. The Labute approximate surface area is 148 Å². The zero-order chi connectivity index (χ0) is 15.7. The fourth-order valence-electron chi connectivity index (χ4n) is 2.15. The molecular formula is C20H19PS2. The molecule has 0 unspecified atom stereocenters. The van der Waals surface area contributed by atoms with E-state index in [0.717, 1.165) is 11.5 Å². The van der Waals surface area contributed by atoms with E-state index < -0.39 is 0 Å². The van der Waals surface area contributed by atoms with Gasteiger partial charge in [0.05, 0.1) is 0 Å². The van der Waals surface area contributed by atoms with Crippen LogP contribution in [-0.2, 0) is 11.5 Å². The monoisotopic (exact) mass is 354 g/mol. The summed E-state index contributed by atoms with van der Waals surface area (Å²) in [6.07, 6.45) is -0.270. The molecule has 0 spiro atoms. The molecule has 0 saturated carbocycles. The fourth-order valence-corrected chi connectivity index (χ4v) is 8.92. The van der Waals surface area contributed by atoms with Gasteiger partial charge in [-0.1, -0.05) is 91.0 Å². The summed E-state index contributed by atoms with van der Waals surface area (Å²) in [5, 5.41) is 1.46. The zero-order valence-electron chi connectivity index (χ0n) is 12.8. The number of hydrogen-bond acceptors (Lipinski definition) is 2. The first-order chi connectivity index (χ1) is 11.4. The molecule has 3 aromatic carbocycles. The molecule has 0 heterocycles. The largest absolute Gasteiger partial charge is 0.113 e. The Bertz CT molecular complexity index is 643. The number of benzene rings is 3. The molecule has 0 saturated heterocycles. The van der Waals surface area contributed by atoms with Gasteiger partial charge in [-0.05, 0) is 16.4 Å². The van der Waals surface area contributed by atoms with E-state index in [2.05, 4.69) is 114 Å². The maximum atomic E-state index is 2.27. The first-order valence-corrected chi connectivity index (χ1v) is 12.1. The van der Waals surface area contributed by atoms with Gasteiger partial charge in [-0.3, -0.25) is 0 Å². The first kappa shape index (κ1) is 16.6. The molecule has 0 fully saturated rings. The SMILES string of the molecule is c1ccc(CSP(SCc2ccccc2)c2ccccc2)cc1. The highest BCUT2D eigenvalue weighted by Gasteiger charge is 2.13. The molecule has 0 atom stereocenters. The van der Waals surface area contributed by atoms with Crippen LogP contribution in [-0.4, -0.2) is 0 Å². The van der Waals surface area contributed by atoms with Gasteiger partial charge in [-0.2, -0.15) is 0 Å². The normalized spacial score (nSPS) is 10.8. The van der Waals surface area contributed by atoms with Gasteiger partial charge in [-0.15, -0.1) is 22.8 Å². The van der Waals surface area contributed by atoms with Gasteiger partial charge >= 0.3 is 0 Å². The summed E-state index contributed by atoms with van der Waals surface area (Å²) in [5.41, 5.74) is 2.81. The molecule has 3 rings (SSSR count). The molecule has 0 amide bonds. The average molecular weight is 354 g/mol. The molecule has 0 aliphatic rings. The van der Waals surface area contributed by atoms with Crippen LogP contribution in [0.5, 0.6) is 0 Å². The summed E-state index contributed by atoms with van der Waals surface area (Å²) in [7, 11) is 0. The lowest BCUT2D eigenvalue weighted by atomic mass is 10.2. The molecule has 116 valence electrons. The molecule has 0 aliphatic heterocycles. The van der Waals surface area contributed by atoms with Crippen molar-refractivity contribution < 1.29 is 0 Å². The van der Waals surface area contributed by atoms with Crippen LogP contribution >= 0.6 is 29.1 Å². The van der Waals surface area contributed by atoms with E-state index in [0.29, 0.717) is 0 Å². The van der Waals surface area contributed by atoms with Crippen molar-refractivity contribution in [3.8, 4) is 0 Å². The van der Waals surface area contributed by atoms with Crippen LogP contribution < -0.4 is 5.30 Å². The summed E-state index contributed by atoms with van der Waals surface area (Å²) < 4.78 is 0. The predicted molar refractivity (Wildman–Crippen MR) is 108 cm³/mol. The molecule has 0 radical (unpaired) electrons. The maximum Gasteiger partial charge on any atom is 0.0444 e. The lowest BCUT2D eigenvalue weighted by Gasteiger charge is -2.17. The van der Waals surface area contributed by atoms with Gasteiger partial charge in [-0.25, -0.2) is 0 Å². The molecule has 0 bridgehead atoms. The minimum absolute atomic E-state index is 0.270. The second-order valence-electron chi connectivity index (χ2n) is 5.11. The van der Waals surface area contributed by atoms with E-state index in [1.165, 1.54) is 16.4 Å². The van der Waals surface area contributed by atoms with Crippen LogP contribution in [0.1, 0.15) is 11.1 Å². The first-order valence-electron chi connectivity index (χ1n) is 7.61. The fraction of sp³-hybridized carbons (Fsp3) is 0.100. The van der Waals surface area contributed by atoms with Crippen LogP contribution in [0.4, 0.5) is 0 Å². The molecule has 3 aromatic rings. The van der Waals surface area contributed by atoms with Crippen molar-refractivity contribution >= 4 is 34.4 Å². The average Bonchev–Trinajstić information content (AvgIpc) is 2.64. The minimum atomic E-state index is -0.270. The quantitative estimate of drug-likeness (QED) is 0.445. The Morgan fingerprint density at radius 2 is 0.913 bits per heavy atom. The van der Waals surface area contributed by atoms with Crippen molar-refractivity contribution in [2.75, 3.05) is 0 Å². The van der Waals surface area contributed by atoms with Crippen LogP contribution in [0.2, 0.25) is 0 Å². The Kier molecular flexibility index (Phi) is 6.64. The van der Waals surface area contributed by atoms with E-state index in [4.69, 9.17) is 0 Å². The molecule has 0 aliphatic carbocycles. The maximum absolute atomic E-state index is 2.27. The summed E-state index contributed by atoms with van der Waals surface area (Å²) in [6.45, 7) is 0. The molecule has 0 N–H and O–H groups in total. The van der Waals surface area contributed by atoms with Crippen molar-refractivity contribution in [2.24, 2.45) is 0 Å². The number of hydrogen-bond donors (Lipinski definition) is 0. The Morgan fingerprint density at radius 3 is 1.35 bits per heavy atom. The smallest absolute Gasteiger partial charge is 0.0444 e. The molecule has 23 heavy (non-hydrogen) atoms. The highest BCUT2D eigenvalue weighted by atomic mass is 33.1. The van der Waals surface area contributed by atoms with Crippen LogP contribution in [0.15, 0.2) is 91.0 Å². The van der Waals surface area contributed by atoms with E-state index in [1.54, 1.807) is 0 Å². The summed E-state index contributed by atoms with van der Waals surface area (Å²) >= 11 is 4.15. The van der Waals surface area contributed by atoms with Crippen LogP contribution in [0.3, 0.4) is 0 Å². The second kappa shape index (κ2) is 9.17. The van der Waals surface area contributed by atoms with Gasteiger partial charge < -0.3 is 0 Å². The lowest BCUT2D eigenvalue weighted by Crippen LogP contribution is -1.95. The molecule has 3 heteroatoms. The highest BCUT2D eigenvalue weighted by molar-refractivity contribution is 8.89. The highest BCUT2D eigenvalue weighted by Crippen LogP contribution is 2.61. The van der Waals surface area contributed by atoms with E-state index in [-0.39, 0.29) is 6.33 Å². The Morgan fingerprint density at radius 1 is 0.522 bits per heavy atom. The third kappa shape index (κ3) is 5.42. The van der Waals surface area contributed by atoms with Gasteiger partial charge in [0.15, 0.2) is 0 Å². The third-order valence-corrected chi connectivity index (χ3v) is 10.8. The Hall–Kier alpha value is -1.21. The van der Waals surface area contributed by atoms with Crippen molar-refractivity contribution in [2.45, 2.75) is 11.5 Å². The van der Waals surface area contributed by atoms with E-state index >= 15 is 0 Å². The summed E-state index contributed by atoms with van der Waals surface area (Å²) in [6, 6.07) is 32.4. The van der Waals surface area contributed by atoms with Crippen molar-refractivity contribution in [1.82, 2.24) is 0 Å². The van der Waals surface area contributed by atoms with Crippen LogP contribution in [0, 0.1) is 0 Å². The van der Waals surface area contributed by atoms with Gasteiger partial charge in [0.2, 0.25) is 0 Å². The zero-order valence-corrected chi connectivity index (χ0v) is 15.4. The van der Waals surface area contributed by atoms with Crippen molar-refractivity contribution in [1.29, 1.82) is 0 Å². The van der Waals surface area contributed by atoms with Gasteiger partial charge in [0, 0.05) is 17.8 Å². The number of rotatable bonds is 7. The molecule has 0 nitrogen and oxygen atoms in total. The second-order valence-corrected chi connectivity index (χ2v) is 11.7. The van der Waals surface area contributed by atoms with E-state index in [1.807, 2.05) is 0 Å². The lowest BCUT2D eigenvalue weighted by molar-refractivity contribution is 1.43. The standard InChI is InChI=1S/C20H19PS2/c1-4-10-18(11-5-1)16-22-21(20-14-8-3-9-15-20)23-17-19-12-6-2-7-13-19/h1-15H,16-17H2. The van der Waals surface area contributed by atoms with Crippen molar-refractivity contribution in [3.63, 3.8) is 0 Å². The third-order valence-electron chi connectivity index (χ3n) is 3.35.